The number of aliphatic hydroxyl groups is 1. The minimum atomic E-state index is -0.354. The van der Waals surface area contributed by atoms with Crippen molar-refractivity contribution < 1.29 is 9.90 Å². The summed E-state index contributed by atoms with van der Waals surface area (Å²) in [6.07, 6.45) is 4.26. The molecule has 0 aliphatic heterocycles. The normalized spacial score (nSPS) is 27.5. The molecule has 4 heteroatoms. The predicted molar refractivity (Wildman–Crippen MR) is 63.9 cm³/mol. The lowest BCUT2D eigenvalue weighted by molar-refractivity contribution is -0.139. The minimum absolute atomic E-state index is 0.00137. The Hall–Kier alpha value is -0.610. The van der Waals surface area contributed by atoms with Crippen LogP contribution in [0.3, 0.4) is 0 Å². The zero-order valence-electron chi connectivity index (χ0n) is 10.4. The van der Waals surface area contributed by atoms with Crippen molar-refractivity contribution in [2.45, 2.75) is 51.2 Å². The summed E-state index contributed by atoms with van der Waals surface area (Å²) in [4.78, 5) is 13.8. The van der Waals surface area contributed by atoms with E-state index < -0.39 is 0 Å². The smallest absolute Gasteiger partial charge is 0.225 e. The SMILES string of the molecule is CC(CCN)C(=O)N(C)C1CCCCC1O. The summed E-state index contributed by atoms with van der Waals surface area (Å²) in [5.74, 6) is 0.0699. The summed E-state index contributed by atoms with van der Waals surface area (Å²) < 4.78 is 0. The molecule has 1 aliphatic carbocycles. The van der Waals surface area contributed by atoms with Crippen molar-refractivity contribution in [2.24, 2.45) is 11.7 Å². The van der Waals surface area contributed by atoms with Crippen LogP contribution in [0.4, 0.5) is 0 Å². The van der Waals surface area contributed by atoms with Crippen LogP contribution in [-0.4, -0.2) is 41.7 Å². The number of hydrogen-bond acceptors (Lipinski definition) is 3. The number of nitrogens with two attached hydrogens (primary N) is 1. The lowest BCUT2D eigenvalue weighted by Gasteiger charge is -2.36. The number of hydrogen-bond donors (Lipinski definition) is 2. The van der Waals surface area contributed by atoms with Gasteiger partial charge in [0.1, 0.15) is 0 Å². The molecule has 16 heavy (non-hydrogen) atoms. The van der Waals surface area contributed by atoms with Crippen LogP contribution >= 0.6 is 0 Å². The molecule has 1 saturated carbocycles. The number of carbonyl (C=O) groups excluding carboxylic acids is 1. The summed E-state index contributed by atoms with van der Waals surface area (Å²) in [6.45, 7) is 2.44. The monoisotopic (exact) mass is 228 g/mol. The van der Waals surface area contributed by atoms with Gasteiger partial charge in [-0.3, -0.25) is 4.79 Å². The van der Waals surface area contributed by atoms with E-state index in [1.54, 1.807) is 11.9 Å². The molecule has 4 nitrogen and oxygen atoms in total. The van der Waals surface area contributed by atoms with E-state index in [9.17, 15) is 9.90 Å². The highest BCUT2D eigenvalue weighted by atomic mass is 16.3. The van der Waals surface area contributed by atoms with E-state index in [1.165, 1.54) is 0 Å². The van der Waals surface area contributed by atoms with E-state index in [-0.39, 0.29) is 24.0 Å². The van der Waals surface area contributed by atoms with Crippen LogP contribution in [0.25, 0.3) is 0 Å². The Morgan fingerprint density at radius 3 is 2.69 bits per heavy atom. The molecule has 1 amide bonds. The summed E-state index contributed by atoms with van der Waals surface area (Å²) in [6, 6.07) is 0.00137. The van der Waals surface area contributed by atoms with Crippen LogP contribution in [0, 0.1) is 5.92 Å². The number of rotatable bonds is 4. The van der Waals surface area contributed by atoms with Gasteiger partial charge in [-0.15, -0.1) is 0 Å². The third-order valence-corrected chi connectivity index (χ3v) is 3.56. The summed E-state index contributed by atoms with van der Waals surface area (Å²) in [5, 5.41) is 9.88. The molecule has 0 spiro atoms. The third-order valence-electron chi connectivity index (χ3n) is 3.56. The molecule has 0 radical (unpaired) electrons. The molecule has 94 valence electrons. The van der Waals surface area contributed by atoms with Gasteiger partial charge >= 0.3 is 0 Å². The van der Waals surface area contributed by atoms with Gasteiger partial charge in [0.15, 0.2) is 0 Å². The Bertz CT molecular complexity index is 233. The Kier molecular flexibility index (Phi) is 5.22. The summed E-state index contributed by atoms with van der Waals surface area (Å²) in [7, 11) is 1.80. The molecule has 1 aliphatic rings. The standard InChI is InChI=1S/C12H24N2O2/c1-9(7-8-13)12(16)14(2)10-5-3-4-6-11(10)15/h9-11,15H,3-8,13H2,1-2H3. The molecular weight excluding hydrogens is 204 g/mol. The minimum Gasteiger partial charge on any atom is -0.391 e. The van der Waals surface area contributed by atoms with Crippen molar-refractivity contribution in [3.63, 3.8) is 0 Å². The van der Waals surface area contributed by atoms with Crippen LogP contribution in [0.15, 0.2) is 0 Å². The molecule has 0 bridgehead atoms. The van der Waals surface area contributed by atoms with Crippen LogP contribution in [0.2, 0.25) is 0 Å². The van der Waals surface area contributed by atoms with Crippen LogP contribution < -0.4 is 5.73 Å². The first kappa shape index (κ1) is 13.5. The second kappa shape index (κ2) is 6.21. The van der Waals surface area contributed by atoms with Gasteiger partial charge in [0.2, 0.25) is 5.91 Å². The number of aliphatic hydroxyl groups excluding tert-OH is 1. The van der Waals surface area contributed by atoms with Gasteiger partial charge in [-0.1, -0.05) is 19.8 Å². The number of likely N-dealkylation sites (N-methyl/N-ethyl adjacent to an activating group) is 1. The summed E-state index contributed by atoms with van der Waals surface area (Å²) >= 11 is 0. The van der Waals surface area contributed by atoms with E-state index >= 15 is 0 Å². The lowest BCUT2D eigenvalue weighted by atomic mass is 9.91. The highest BCUT2D eigenvalue weighted by molar-refractivity contribution is 5.78. The lowest BCUT2D eigenvalue weighted by Crippen LogP contribution is -2.48. The number of carbonyl (C=O) groups is 1. The first-order valence-electron chi connectivity index (χ1n) is 6.22. The average molecular weight is 228 g/mol. The Labute approximate surface area is 97.8 Å². The van der Waals surface area contributed by atoms with Crippen molar-refractivity contribution in [2.75, 3.05) is 13.6 Å². The molecule has 0 saturated heterocycles. The fourth-order valence-corrected chi connectivity index (χ4v) is 2.43. The maximum atomic E-state index is 12.0. The molecule has 0 aromatic heterocycles. The highest BCUT2D eigenvalue weighted by Gasteiger charge is 2.30. The molecule has 0 heterocycles. The maximum absolute atomic E-state index is 12.0. The van der Waals surface area contributed by atoms with Crippen molar-refractivity contribution in [1.82, 2.24) is 4.90 Å². The first-order valence-corrected chi connectivity index (χ1v) is 6.22. The predicted octanol–water partition coefficient (Wildman–Crippen LogP) is 0.733. The van der Waals surface area contributed by atoms with E-state index in [0.29, 0.717) is 13.0 Å². The van der Waals surface area contributed by atoms with Gasteiger partial charge < -0.3 is 15.7 Å². The Morgan fingerprint density at radius 1 is 1.50 bits per heavy atom. The zero-order valence-corrected chi connectivity index (χ0v) is 10.4. The largest absolute Gasteiger partial charge is 0.391 e. The molecule has 3 N–H and O–H groups in total. The first-order chi connectivity index (χ1) is 7.57. The zero-order chi connectivity index (χ0) is 12.1. The molecule has 1 fully saturated rings. The Morgan fingerprint density at radius 2 is 2.12 bits per heavy atom. The van der Waals surface area contributed by atoms with Crippen LogP contribution in [0.1, 0.15) is 39.0 Å². The second-order valence-corrected chi connectivity index (χ2v) is 4.85. The molecular formula is C12H24N2O2. The van der Waals surface area contributed by atoms with Crippen molar-refractivity contribution >= 4 is 5.91 Å². The van der Waals surface area contributed by atoms with E-state index in [2.05, 4.69) is 0 Å². The number of nitrogens with zero attached hydrogens (tertiary/aromatic N) is 1. The number of amides is 1. The summed E-state index contributed by atoms with van der Waals surface area (Å²) in [5.41, 5.74) is 5.45. The molecule has 0 aromatic rings. The van der Waals surface area contributed by atoms with Crippen molar-refractivity contribution in [3.05, 3.63) is 0 Å². The second-order valence-electron chi connectivity index (χ2n) is 4.85. The van der Waals surface area contributed by atoms with Gasteiger partial charge in [0.05, 0.1) is 12.1 Å². The van der Waals surface area contributed by atoms with Gasteiger partial charge in [0.25, 0.3) is 0 Å². The van der Waals surface area contributed by atoms with Crippen molar-refractivity contribution in [3.8, 4) is 0 Å². The van der Waals surface area contributed by atoms with E-state index in [1.807, 2.05) is 6.92 Å². The molecule has 0 aromatic carbocycles. The molecule has 3 atom stereocenters. The third kappa shape index (κ3) is 3.19. The Balaban J connectivity index is 2.54. The van der Waals surface area contributed by atoms with Crippen LogP contribution in [0.5, 0.6) is 0 Å². The van der Waals surface area contributed by atoms with E-state index in [4.69, 9.17) is 5.73 Å². The quantitative estimate of drug-likeness (QED) is 0.745. The topological polar surface area (TPSA) is 66.6 Å². The molecule has 1 rings (SSSR count). The van der Waals surface area contributed by atoms with Gasteiger partial charge in [-0.2, -0.15) is 0 Å². The highest BCUT2D eigenvalue weighted by Crippen LogP contribution is 2.23. The van der Waals surface area contributed by atoms with Gasteiger partial charge in [0, 0.05) is 13.0 Å². The average Bonchev–Trinajstić information content (AvgIpc) is 2.28. The van der Waals surface area contributed by atoms with Gasteiger partial charge in [-0.25, -0.2) is 0 Å². The van der Waals surface area contributed by atoms with Crippen LogP contribution in [-0.2, 0) is 4.79 Å². The molecule has 3 unspecified atom stereocenters. The maximum Gasteiger partial charge on any atom is 0.225 e. The van der Waals surface area contributed by atoms with E-state index in [0.717, 1.165) is 25.7 Å². The fourth-order valence-electron chi connectivity index (χ4n) is 2.43. The van der Waals surface area contributed by atoms with Gasteiger partial charge in [-0.05, 0) is 25.8 Å². The fraction of sp³-hybridized carbons (Fsp3) is 0.917. The van der Waals surface area contributed by atoms with Crippen molar-refractivity contribution in [1.29, 1.82) is 0 Å².